The van der Waals surface area contributed by atoms with Crippen LogP contribution in [0.25, 0.3) is 0 Å². The van der Waals surface area contributed by atoms with Crippen LogP contribution in [0.3, 0.4) is 0 Å². The second-order valence-corrected chi connectivity index (χ2v) is 9.15. The van der Waals surface area contributed by atoms with Crippen LogP contribution in [-0.2, 0) is 13.2 Å². The molecule has 0 atom stereocenters. The maximum absolute atomic E-state index is 13.1. The fourth-order valence-electron chi connectivity index (χ4n) is 3.24. The monoisotopic (exact) mass is 528 g/mol. The summed E-state index contributed by atoms with van der Waals surface area (Å²) in [5.41, 5.74) is 3.31. The molecular formula is C27H30BrFN2O3. The molecule has 0 aliphatic carbocycles. The summed E-state index contributed by atoms with van der Waals surface area (Å²) in [5, 5.41) is 6.31. The standard InChI is InChI=1S/C27H30BrFN2O3/c1-4-33-25-13-20(12-24(28)26(25)34-17-19-8-10-22(29)11-9-19)16-30-23-7-5-6-21(14-23)27(32)31-15-18(2)3/h5-14,18,30H,4,15-17H2,1-3H3,(H,31,32). The molecule has 0 bridgehead atoms. The molecule has 180 valence electrons. The Balaban J connectivity index is 1.68. The number of halogens is 2. The van der Waals surface area contributed by atoms with E-state index in [9.17, 15) is 9.18 Å². The van der Waals surface area contributed by atoms with Gasteiger partial charge in [-0.25, -0.2) is 4.39 Å². The van der Waals surface area contributed by atoms with E-state index in [1.165, 1.54) is 12.1 Å². The van der Waals surface area contributed by atoms with E-state index in [1.54, 1.807) is 18.2 Å². The average molecular weight is 529 g/mol. The summed E-state index contributed by atoms with van der Waals surface area (Å²) in [4.78, 5) is 12.4. The molecule has 0 unspecified atom stereocenters. The number of amides is 1. The van der Waals surface area contributed by atoms with Crippen LogP contribution >= 0.6 is 15.9 Å². The molecule has 0 saturated carbocycles. The van der Waals surface area contributed by atoms with Gasteiger partial charge in [-0.1, -0.05) is 32.0 Å². The van der Waals surface area contributed by atoms with Gasteiger partial charge in [0.25, 0.3) is 5.91 Å². The zero-order valence-electron chi connectivity index (χ0n) is 19.7. The van der Waals surface area contributed by atoms with Gasteiger partial charge >= 0.3 is 0 Å². The zero-order chi connectivity index (χ0) is 24.5. The maximum atomic E-state index is 13.1. The van der Waals surface area contributed by atoms with Gasteiger partial charge in [-0.05, 0) is 82.4 Å². The average Bonchev–Trinajstić information content (AvgIpc) is 2.82. The summed E-state index contributed by atoms with van der Waals surface area (Å²) in [7, 11) is 0. The summed E-state index contributed by atoms with van der Waals surface area (Å²) in [6.45, 7) is 8.00. The van der Waals surface area contributed by atoms with E-state index in [0.29, 0.717) is 49.3 Å². The Hall–Kier alpha value is -3.06. The van der Waals surface area contributed by atoms with Crippen molar-refractivity contribution in [3.63, 3.8) is 0 Å². The third-order valence-electron chi connectivity index (χ3n) is 4.96. The van der Waals surface area contributed by atoms with Crippen molar-refractivity contribution in [1.82, 2.24) is 5.32 Å². The lowest BCUT2D eigenvalue weighted by Crippen LogP contribution is -2.27. The van der Waals surface area contributed by atoms with Crippen molar-refractivity contribution in [2.24, 2.45) is 5.92 Å². The largest absolute Gasteiger partial charge is 0.490 e. The SMILES string of the molecule is CCOc1cc(CNc2cccc(C(=O)NCC(C)C)c2)cc(Br)c1OCc1ccc(F)cc1. The van der Waals surface area contributed by atoms with Gasteiger partial charge in [0, 0.05) is 24.3 Å². The number of carbonyl (C=O) groups excluding carboxylic acids is 1. The number of nitrogens with one attached hydrogen (secondary N) is 2. The van der Waals surface area contributed by atoms with Gasteiger partial charge in [0.2, 0.25) is 0 Å². The lowest BCUT2D eigenvalue weighted by atomic mass is 10.1. The number of hydrogen-bond acceptors (Lipinski definition) is 4. The van der Waals surface area contributed by atoms with Crippen molar-refractivity contribution in [1.29, 1.82) is 0 Å². The van der Waals surface area contributed by atoms with E-state index in [-0.39, 0.29) is 11.7 Å². The van der Waals surface area contributed by atoms with Crippen LogP contribution < -0.4 is 20.1 Å². The predicted octanol–water partition coefficient (Wildman–Crippen LogP) is 6.56. The highest BCUT2D eigenvalue weighted by Gasteiger charge is 2.13. The van der Waals surface area contributed by atoms with E-state index in [1.807, 2.05) is 37.3 Å². The van der Waals surface area contributed by atoms with E-state index in [0.717, 1.165) is 21.3 Å². The lowest BCUT2D eigenvalue weighted by Gasteiger charge is -2.16. The number of ether oxygens (including phenoxy) is 2. The van der Waals surface area contributed by atoms with Gasteiger partial charge in [-0.2, -0.15) is 0 Å². The summed E-state index contributed by atoms with van der Waals surface area (Å²) in [5.74, 6) is 1.25. The molecular weight excluding hydrogens is 499 g/mol. The molecule has 34 heavy (non-hydrogen) atoms. The van der Waals surface area contributed by atoms with Crippen LogP contribution in [0.15, 0.2) is 65.1 Å². The second-order valence-electron chi connectivity index (χ2n) is 8.29. The quantitative estimate of drug-likeness (QED) is 0.295. The number of hydrogen-bond donors (Lipinski definition) is 2. The Kier molecular flexibility index (Phi) is 9.33. The Morgan fingerprint density at radius 3 is 2.50 bits per heavy atom. The Bertz CT molecular complexity index is 1100. The summed E-state index contributed by atoms with van der Waals surface area (Å²) < 4.78 is 25.7. The molecule has 0 spiro atoms. The van der Waals surface area contributed by atoms with Crippen molar-refractivity contribution in [2.75, 3.05) is 18.5 Å². The van der Waals surface area contributed by atoms with Crippen molar-refractivity contribution in [3.8, 4) is 11.5 Å². The number of rotatable bonds is 11. The van der Waals surface area contributed by atoms with E-state index in [2.05, 4.69) is 40.4 Å². The Labute approximate surface area is 208 Å². The molecule has 0 aliphatic rings. The normalized spacial score (nSPS) is 10.8. The second kappa shape index (κ2) is 12.4. The molecule has 0 fully saturated rings. The van der Waals surface area contributed by atoms with Crippen molar-refractivity contribution in [3.05, 3.63) is 87.6 Å². The highest BCUT2D eigenvalue weighted by Crippen LogP contribution is 2.37. The molecule has 3 aromatic rings. The minimum Gasteiger partial charge on any atom is -0.490 e. The molecule has 7 heteroatoms. The first-order chi connectivity index (χ1) is 16.4. The summed E-state index contributed by atoms with van der Waals surface area (Å²) in [6, 6.07) is 17.5. The smallest absolute Gasteiger partial charge is 0.251 e. The van der Waals surface area contributed by atoms with Crippen LogP contribution in [0.1, 0.15) is 42.3 Å². The highest BCUT2D eigenvalue weighted by molar-refractivity contribution is 9.10. The van der Waals surface area contributed by atoms with Crippen molar-refractivity contribution >= 4 is 27.5 Å². The van der Waals surface area contributed by atoms with E-state index < -0.39 is 0 Å². The number of anilines is 1. The molecule has 2 N–H and O–H groups in total. The van der Waals surface area contributed by atoms with Crippen LogP contribution in [0.4, 0.5) is 10.1 Å². The molecule has 0 saturated heterocycles. The van der Waals surface area contributed by atoms with Crippen molar-refractivity contribution < 1.29 is 18.7 Å². The summed E-state index contributed by atoms with van der Waals surface area (Å²) >= 11 is 3.59. The maximum Gasteiger partial charge on any atom is 0.251 e. The van der Waals surface area contributed by atoms with Gasteiger partial charge in [0.1, 0.15) is 12.4 Å². The first-order valence-corrected chi connectivity index (χ1v) is 12.1. The minimum atomic E-state index is -0.279. The van der Waals surface area contributed by atoms with Crippen LogP contribution in [0.2, 0.25) is 0 Å². The van der Waals surface area contributed by atoms with Crippen LogP contribution in [0.5, 0.6) is 11.5 Å². The number of benzene rings is 3. The van der Waals surface area contributed by atoms with Gasteiger partial charge in [-0.15, -0.1) is 0 Å². The number of carbonyl (C=O) groups is 1. The van der Waals surface area contributed by atoms with Gasteiger partial charge in [0.15, 0.2) is 11.5 Å². The molecule has 0 aliphatic heterocycles. The first kappa shape index (κ1) is 25.6. The van der Waals surface area contributed by atoms with Crippen molar-refractivity contribution in [2.45, 2.75) is 33.9 Å². The van der Waals surface area contributed by atoms with Gasteiger partial charge in [-0.3, -0.25) is 4.79 Å². The summed E-state index contributed by atoms with van der Waals surface area (Å²) in [6.07, 6.45) is 0. The third-order valence-corrected chi connectivity index (χ3v) is 5.55. The van der Waals surface area contributed by atoms with Gasteiger partial charge in [0.05, 0.1) is 11.1 Å². The zero-order valence-corrected chi connectivity index (χ0v) is 21.2. The van der Waals surface area contributed by atoms with Gasteiger partial charge < -0.3 is 20.1 Å². The highest BCUT2D eigenvalue weighted by atomic mass is 79.9. The third kappa shape index (κ3) is 7.48. The predicted molar refractivity (Wildman–Crippen MR) is 137 cm³/mol. The molecule has 0 heterocycles. The van der Waals surface area contributed by atoms with E-state index in [4.69, 9.17) is 9.47 Å². The van der Waals surface area contributed by atoms with E-state index >= 15 is 0 Å². The van der Waals surface area contributed by atoms with Crippen LogP contribution in [-0.4, -0.2) is 19.1 Å². The lowest BCUT2D eigenvalue weighted by molar-refractivity contribution is 0.0949. The molecule has 3 aromatic carbocycles. The molecule has 0 radical (unpaired) electrons. The molecule has 0 aromatic heterocycles. The Morgan fingerprint density at radius 2 is 1.79 bits per heavy atom. The first-order valence-electron chi connectivity index (χ1n) is 11.3. The molecule has 3 rings (SSSR count). The fraction of sp³-hybridized carbons (Fsp3) is 0.296. The molecule has 5 nitrogen and oxygen atoms in total. The minimum absolute atomic E-state index is 0.0821. The Morgan fingerprint density at radius 1 is 1.03 bits per heavy atom. The molecule has 1 amide bonds. The van der Waals surface area contributed by atoms with Crippen LogP contribution in [0, 0.1) is 11.7 Å². The fourth-order valence-corrected chi connectivity index (χ4v) is 3.84. The topological polar surface area (TPSA) is 59.6 Å².